The van der Waals surface area contributed by atoms with Crippen LogP contribution in [0.1, 0.15) is 29.8 Å². The Kier molecular flexibility index (Phi) is 6.36. The Balaban J connectivity index is 2.01. The minimum absolute atomic E-state index is 0.0589. The van der Waals surface area contributed by atoms with Crippen LogP contribution in [0.3, 0.4) is 0 Å². The molecular formula is C18H20ClN3O3. The van der Waals surface area contributed by atoms with E-state index in [-0.39, 0.29) is 22.2 Å². The molecule has 0 saturated carbocycles. The third-order valence-electron chi connectivity index (χ3n) is 3.93. The van der Waals surface area contributed by atoms with Gasteiger partial charge in [0.2, 0.25) is 0 Å². The Morgan fingerprint density at radius 1 is 1.16 bits per heavy atom. The number of nitro groups is 1. The second kappa shape index (κ2) is 8.48. The maximum atomic E-state index is 12.2. The minimum atomic E-state index is -0.551. The number of anilines is 1. The molecule has 6 nitrogen and oxygen atoms in total. The number of halogens is 1. The molecule has 2 aromatic rings. The number of hydrogen-bond donors (Lipinski definition) is 1. The van der Waals surface area contributed by atoms with Crippen LogP contribution in [0.4, 0.5) is 11.4 Å². The van der Waals surface area contributed by atoms with Crippen LogP contribution < -0.4 is 10.2 Å². The number of amides is 1. The van der Waals surface area contributed by atoms with Gasteiger partial charge in [-0.25, -0.2) is 0 Å². The smallest absolute Gasteiger partial charge is 0.270 e. The second-order valence-electron chi connectivity index (χ2n) is 5.44. The molecule has 0 aliphatic heterocycles. The molecule has 7 heteroatoms. The summed E-state index contributed by atoms with van der Waals surface area (Å²) < 4.78 is 0. The van der Waals surface area contributed by atoms with Crippen molar-refractivity contribution >= 4 is 28.9 Å². The summed E-state index contributed by atoms with van der Waals surface area (Å²) in [5.41, 5.74) is 2.17. The van der Waals surface area contributed by atoms with Gasteiger partial charge in [0.15, 0.2) is 0 Å². The summed E-state index contributed by atoms with van der Waals surface area (Å²) in [6.07, 6.45) is 0. The normalized spacial score (nSPS) is 10.4. The average Bonchev–Trinajstić information content (AvgIpc) is 2.61. The molecule has 0 atom stereocenters. The van der Waals surface area contributed by atoms with Crippen molar-refractivity contribution in [3.63, 3.8) is 0 Å². The van der Waals surface area contributed by atoms with E-state index in [1.54, 1.807) is 0 Å². The monoisotopic (exact) mass is 361 g/mol. The van der Waals surface area contributed by atoms with Gasteiger partial charge in [-0.1, -0.05) is 23.7 Å². The van der Waals surface area contributed by atoms with Crippen molar-refractivity contribution in [2.24, 2.45) is 0 Å². The van der Waals surface area contributed by atoms with Crippen LogP contribution in [-0.4, -0.2) is 23.9 Å². The van der Waals surface area contributed by atoms with Crippen LogP contribution in [0.25, 0.3) is 0 Å². The van der Waals surface area contributed by atoms with Crippen molar-refractivity contribution in [2.75, 3.05) is 18.0 Å². The Bertz CT molecular complexity index is 759. The fraction of sp³-hybridized carbons (Fsp3) is 0.278. The fourth-order valence-electron chi connectivity index (χ4n) is 2.49. The number of nitro benzene ring substituents is 1. The van der Waals surface area contributed by atoms with E-state index in [2.05, 4.69) is 24.1 Å². The lowest BCUT2D eigenvalue weighted by Gasteiger charge is -2.21. The lowest BCUT2D eigenvalue weighted by Crippen LogP contribution is -2.23. The summed E-state index contributed by atoms with van der Waals surface area (Å²) in [7, 11) is 0. The number of nitrogens with zero attached hydrogens (tertiary/aromatic N) is 2. The number of rotatable bonds is 7. The molecule has 2 aromatic carbocycles. The zero-order valence-electron chi connectivity index (χ0n) is 14.2. The molecule has 0 radical (unpaired) electrons. The highest BCUT2D eigenvalue weighted by Crippen LogP contribution is 2.22. The van der Waals surface area contributed by atoms with Gasteiger partial charge in [-0.05, 0) is 37.6 Å². The van der Waals surface area contributed by atoms with Crippen LogP contribution in [0.5, 0.6) is 0 Å². The summed E-state index contributed by atoms with van der Waals surface area (Å²) in [6.45, 7) is 6.43. The van der Waals surface area contributed by atoms with E-state index in [9.17, 15) is 14.9 Å². The SMILES string of the molecule is CCN(CC)c1ccc(CNC(=O)c2ccc([N+](=O)[O-])cc2Cl)cc1. The first-order valence-electron chi connectivity index (χ1n) is 8.02. The Morgan fingerprint density at radius 3 is 2.32 bits per heavy atom. The molecule has 25 heavy (non-hydrogen) atoms. The Hall–Kier alpha value is -2.60. The van der Waals surface area contributed by atoms with E-state index in [0.29, 0.717) is 6.54 Å². The van der Waals surface area contributed by atoms with Gasteiger partial charge in [0.05, 0.1) is 15.5 Å². The summed E-state index contributed by atoms with van der Waals surface area (Å²) in [5.74, 6) is -0.368. The van der Waals surface area contributed by atoms with Crippen LogP contribution >= 0.6 is 11.6 Å². The maximum absolute atomic E-state index is 12.2. The van der Waals surface area contributed by atoms with Gasteiger partial charge in [0, 0.05) is 37.5 Å². The van der Waals surface area contributed by atoms with Crippen LogP contribution in [0.2, 0.25) is 5.02 Å². The number of benzene rings is 2. The second-order valence-corrected chi connectivity index (χ2v) is 5.85. The van der Waals surface area contributed by atoms with Crippen LogP contribution in [-0.2, 0) is 6.54 Å². The Morgan fingerprint density at radius 2 is 1.80 bits per heavy atom. The van der Waals surface area contributed by atoms with E-state index in [1.807, 2.05) is 24.3 Å². The quantitative estimate of drug-likeness (QED) is 0.596. The van der Waals surface area contributed by atoms with Gasteiger partial charge in [0.25, 0.3) is 11.6 Å². The van der Waals surface area contributed by atoms with Gasteiger partial charge in [-0.3, -0.25) is 14.9 Å². The van der Waals surface area contributed by atoms with Gasteiger partial charge in [-0.2, -0.15) is 0 Å². The van der Waals surface area contributed by atoms with Gasteiger partial charge < -0.3 is 10.2 Å². The fourth-order valence-corrected chi connectivity index (χ4v) is 2.75. The summed E-state index contributed by atoms with van der Waals surface area (Å²) in [6, 6.07) is 11.8. The number of carbonyl (C=O) groups is 1. The number of non-ortho nitro benzene ring substituents is 1. The maximum Gasteiger partial charge on any atom is 0.270 e. The van der Waals surface area contributed by atoms with E-state index in [4.69, 9.17) is 11.6 Å². The molecule has 0 aromatic heterocycles. The van der Waals surface area contributed by atoms with Crippen molar-refractivity contribution in [1.29, 1.82) is 0 Å². The molecule has 2 rings (SSSR count). The van der Waals surface area contributed by atoms with E-state index in [0.717, 1.165) is 24.3 Å². The van der Waals surface area contributed by atoms with Crippen molar-refractivity contribution in [3.8, 4) is 0 Å². The first kappa shape index (κ1) is 18.7. The first-order chi connectivity index (χ1) is 12.0. The van der Waals surface area contributed by atoms with E-state index in [1.165, 1.54) is 18.2 Å². The van der Waals surface area contributed by atoms with Crippen LogP contribution in [0.15, 0.2) is 42.5 Å². The van der Waals surface area contributed by atoms with Crippen molar-refractivity contribution < 1.29 is 9.72 Å². The molecule has 1 N–H and O–H groups in total. The molecule has 132 valence electrons. The Labute approximate surface area is 151 Å². The summed E-state index contributed by atoms with van der Waals surface area (Å²) in [5, 5.41) is 13.5. The number of carbonyl (C=O) groups excluding carboxylic acids is 1. The number of nitrogens with one attached hydrogen (secondary N) is 1. The molecular weight excluding hydrogens is 342 g/mol. The largest absolute Gasteiger partial charge is 0.372 e. The highest BCUT2D eigenvalue weighted by atomic mass is 35.5. The molecule has 1 amide bonds. The predicted octanol–water partition coefficient (Wildman–Crippen LogP) is 4.02. The molecule has 0 fully saturated rings. The van der Waals surface area contributed by atoms with Gasteiger partial charge in [-0.15, -0.1) is 0 Å². The van der Waals surface area contributed by atoms with Crippen LogP contribution in [0, 0.1) is 10.1 Å². The standard InChI is InChI=1S/C18H20ClN3O3/c1-3-21(4-2)14-7-5-13(6-8-14)12-20-18(23)16-10-9-15(22(24)25)11-17(16)19/h5-11H,3-4,12H2,1-2H3,(H,20,23). The molecule has 0 aliphatic carbocycles. The van der Waals surface area contributed by atoms with Crippen molar-refractivity contribution in [2.45, 2.75) is 20.4 Å². The topological polar surface area (TPSA) is 75.5 Å². The van der Waals surface area contributed by atoms with Gasteiger partial charge in [0.1, 0.15) is 0 Å². The summed E-state index contributed by atoms with van der Waals surface area (Å²) in [4.78, 5) is 24.6. The third kappa shape index (κ3) is 4.70. The number of hydrogen-bond acceptors (Lipinski definition) is 4. The highest BCUT2D eigenvalue weighted by Gasteiger charge is 2.14. The van der Waals surface area contributed by atoms with Gasteiger partial charge >= 0.3 is 0 Å². The lowest BCUT2D eigenvalue weighted by molar-refractivity contribution is -0.384. The average molecular weight is 362 g/mol. The third-order valence-corrected chi connectivity index (χ3v) is 4.24. The molecule has 0 spiro atoms. The predicted molar refractivity (Wildman–Crippen MR) is 99.3 cm³/mol. The van der Waals surface area contributed by atoms with Crippen molar-refractivity contribution in [1.82, 2.24) is 5.32 Å². The lowest BCUT2D eigenvalue weighted by atomic mass is 10.1. The molecule has 0 bridgehead atoms. The first-order valence-corrected chi connectivity index (χ1v) is 8.40. The molecule has 0 heterocycles. The highest BCUT2D eigenvalue weighted by molar-refractivity contribution is 6.34. The zero-order chi connectivity index (χ0) is 18.4. The van der Waals surface area contributed by atoms with E-state index >= 15 is 0 Å². The minimum Gasteiger partial charge on any atom is -0.372 e. The summed E-state index contributed by atoms with van der Waals surface area (Å²) >= 11 is 5.97. The van der Waals surface area contributed by atoms with E-state index < -0.39 is 4.92 Å². The molecule has 0 unspecified atom stereocenters. The zero-order valence-corrected chi connectivity index (χ0v) is 14.9. The molecule has 0 saturated heterocycles. The molecule has 0 aliphatic rings. The van der Waals surface area contributed by atoms with Crippen molar-refractivity contribution in [3.05, 3.63) is 68.7 Å².